The minimum absolute atomic E-state index is 0.0285. The first-order valence-electron chi connectivity index (χ1n) is 20.9. The van der Waals surface area contributed by atoms with E-state index in [-0.39, 0.29) is 51.8 Å². The van der Waals surface area contributed by atoms with Crippen molar-refractivity contribution in [1.29, 1.82) is 0 Å². The van der Waals surface area contributed by atoms with E-state index in [1.54, 1.807) is 13.8 Å². The second kappa shape index (κ2) is 14.1. The van der Waals surface area contributed by atoms with Gasteiger partial charge in [-0.25, -0.2) is 0 Å². The molecule has 5 aliphatic rings. The zero-order valence-corrected chi connectivity index (χ0v) is 34.8. The Morgan fingerprint density at radius 3 is 2.19 bits per heavy atom. The molecule has 0 amide bonds. The molecule has 10 unspecified atom stereocenters. The number of hydrogen-bond donors (Lipinski definition) is 3. The Kier molecular flexibility index (Phi) is 10.8. The molecule has 1 aromatic rings. The van der Waals surface area contributed by atoms with Gasteiger partial charge in [0.15, 0.2) is 5.78 Å². The summed E-state index contributed by atoms with van der Waals surface area (Å²) in [6.07, 6.45) is 6.23. The molecule has 10 atom stereocenters. The van der Waals surface area contributed by atoms with Crippen molar-refractivity contribution in [2.24, 2.45) is 56.2 Å². The van der Waals surface area contributed by atoms with Crippen LogP contribution in [0, 0.1) is 56.2 Å². The number of carboxylic acids is 1. The second-order valence-corrected chi connectivity index (χ2v) is 20.7. The topological polar surface area (TPSA) is 124 Å². The molecule has 3 N–H and O–H groups in total. The average molecular weight is 748 g/mol. The molecule has 8 nitrogen and oxygen atoms in total. The fraction of sp³-hybridized carbons (Fsp3) is 0.761. The van der Waals surface area contributed by atoms with Gasteiger partial charge in [0.25, 0.3) is 0 Å². The van der Waals surface area contributed by atoms with E-state index in [1.807, 2.05) is 42.3 Å². The molecule has 300 valence electrons. The molecule has 0 saturated heterocycles. The molecule has 4 fully saturated rings. The van der Waals surface area contributed by atoms with Crippen LogP contribution in [-0.2, 0) is 19.1 Å². The van der Waals surface area contributed by atoms with Crippen LogP contribution in [-0.4, -0.2) is 70.3 Å². The molecule has 0 heterocycles. The number of ketones is 1. The highest BCUT2D eigenvalue weighted by Gasteiger charge is 2.70. The van der Waals surface area contributed by atoms with Gasteiger partial charge < -0.3 is 25.0 Å². The number of allylic oxidation sites excluding steroid dienone is 1. The molecule has 0 radical (unpaired) electrons. The maximum Gasteiger partial charge on any atom is 0.309 e. The molecule has 5 aliphatic carbocycles. The van der Waals surface area contributed by atoms with Gasteiger partial charge >= 0.3 is 11.9 Å². The predicted molar refractivity (Wildman–Crippen MR) is 210 cm³/mol. The van der Waals surface area contributed by atoms with E-state index in [1.165, 1.54) is 5.57 Å². The summed E-state index contributed by atoms with van der Waals surface area (Å²) in [6, 6.07) is 9.66. The minimum Gasteiger partial charge on any atom is -0.481 e. The van der Waals surface area contributed by atoms with Crippen molar-refractivity contribution >= 4 is 17.7 Å². The van der Waals surface area contributed by atoms with Gasteiger partial charge in [0.05, 0.1) is 24.0 Å². The smallest absolute Gasteiger partial charge is 0.309 e. The number of aliphatic carboxylic acids is 1. The van der Waals surface area contributed by atoms with E-state index < -0.39 is 35.0 Å². The van der Waals surface area contributed by atoms with Gasteiger partial charge in [-0.3, -0.25) is 14.4 Å². The van der Waals surface area contributed by atoms with E-state index in [4.69, 9.17) is 4.74 Å². The Bertz CT molecular complexity index is 1650. The number of carboxylic acid groups (broad SMARTS) is 1. The Morgan fingerprint density at radius 2 is 1.56 bits per heavy atom. The van der Waals surface area contributed by atoms with Crippen molar-refractivity contribution in [3.63, 3.8) is 0 Å². The lowest BCUT2D eigenvalue weighted by Crippen LogP contribution is -2.66. The number of benzene rings is 1. The van der Waals surface area contributed by atoms with Crippen LogP contribution in [0.25, 0.3) is 0 Å². The zero-order chi connectivity index (χ0) is 39.8. The van der Waals surface area contributed by atoms with Gasteiger partial charge in [-0.2, -0.15) is 0 Å². The van der Waals surface area contributed by atoms with Crippen LogP contribution >= 0.6 is 0 Å². The first-order valence-corrected chi connectivity index (χ1v) is 20.9. The summed E-state index contributed by atoms with van der Waals surface area (Å²) in [4.78, 5) is 41.0. The minimum atomic E-state index is -1.17. The van der Waals surface area contributed by atoms with Crippen LogP contribution in [0.1, 0.15) is 138 Å². The summed E-state index contributed by atoms with van der Waals surface area (Å²) in [5, 5.41) is 33.0. The predicted octanol–water partition coefficient (Wildman–Crippen LogP) is 8.41. The van der Waals surface area contributed by atoms with Crippen LogP contribution in [0.3, 0.4) is 0 Å². The number of ether oxygens (including phenoxy) is 1. The number of likely N-dealkylation sites (N-methyl/N-ethyl adjacent to an activating group) is 1. The van der Waals surface area contributed by atoms with Gasteiger partial charge in [-0.05, 0) is 123 Å². The van der Waals surface area contributed by atoms with Gasteiger partial charge in [0.2, 0.25) is 0 Å². The highest BCUT2D eigenvalue weighted by Crippen LogP contribution is 2.77. The van der Waals surface area contributed by atoms with Crippen molar-refractivity contribution in [1.82, 2.24) is 4.90 Å². The number of aliphatic hydroxyl groups excluding tert-OH is 2. The number of esters is 1. The van der Waals surface area contributed by atoms with E-state index in [0.29, 0.717) is 31.3 Å². The number of carbonyl (C=O) groups is 3. The monoisotopic (exact) mass is 748 g/mol. The fourth-order valence-electron chi connectivity index (χ4n) is 13.5. The van der Waals surface area contributed by atoms with Crippen LogP contribution in [0.5, 0.6) is 0 Å². The lowest BCUT2D eigenvalue weighted by Gasteiger charge is -2.72. The second-order valence-electron chi connectivity index (χ2n) is 20.7. The van der Waals surface area contributed by atoms with Crippen molar-refractivity contribution < 1.29 is 34.4 Å². The molecule has 6 rings (SSSR count). The third-order valence-electron chi connectivity index (χ3n) is 16.7. The standard InChI is InChI=1S/C46H69NO7/c1-28(2)38-31(48)24-46(35(50)27-47(10)26-32(49)29-14-12-11-13-15-29)23-22-44(8)30(39(38)46)16-17-34-43(7)20-19-36(54-37(51)25-41(3,4)40(52)53)42(5,6)33(43)18-21-45(34,44)9/h11-15,28,30,32-36,49-50H,16-27H2,1-10H3,(H,52,53). The average Bonchev–Trinajstić information content (AvgIpc) is 3.39. The van der Waals surface area contributed by atoms with Gasteiger partial charge in [0, 0.05) is 30.3 Å². The molecular formula is C46H69NO7. The van der Waals surface area contributed by atoms with E-state index in [2.05, 4.69) is 48.5 Å². The van der Waals surface area contributed by atoms with E-state index >= 15 is 0 Å². The molecule has 0 aromatic heterocycles. The number of hydrogen-bond acceptors (Lipinski definition) is 7. The lowest BCUT2D eigenvalue weighted by molar-refractivity contribution is -0.235. The summed E-state index contributed by atoms with van der Waals surface area (Å²) in [5.74, 6) is -0.0926. The Morgan fingerprint density at radius 1 is 0.889 bits per heavy atom. The van der Waals surface area contributed by atoms with Crippen LogP contribution in [0.4, 0.5) is 0 Å². The molecule has 0 spiro atoms. The molecule has 1 aromatic carbocycles. The number of Topliss-reactive ketones (excluding diaryl/α,β-unsaturated/α-hetero) is 1. The summed E-state index contributed by atoms with van der Waals surface area (Å²) >= 11 is 0. The number of rotatable bonds is 11. The molecule has 0 aliphatic heterocycles. The Hall–Kier alpha value is -2.55. The van der Waals surface area contributed by atoms with Gasteiger partial charge in [-0.15, -0.1) is 0 Å². The van der Waals surface area contributed by atoms with Crippen molar-refractivity contribution in [3.8, 4) is 0 Å². The molecule has 54 heavy (non-hydrogen) atoms. The summed E-state index contributed by atoms with van der Waals surface area (Å²) in [6.45, 7) is 20.3. The highest BCUT2D eigenvalue weighted by molar-refractivity contribution is 6.00. The molecule has 0 bridgehead atoms. The summed E-state index contributed by atoms with van der Waals surface area (Å²) in [5.41, 5.74) is 1.09. The maximum atomic E-state index is 14.1. The van der Waals surface area contributed by atoms with Crippen LogP contribution in [0.15, 0.2) is 41.5 Å². The maximum absolute atomic E-state index is 14.1. The van der Waals surface area contributed by atoms with Crippen LogP contribution < -0.4 is 0 Å². The van der Waals surface area contributed by atoms with Crippen molar-refractivity contribution in [3.05, 3.63) is 47.0 Å². The van der Waals surface area contributed by atoms with Crippen molar-refractivity contribution in [2.45, 2.75) is 145 Å². The Labute approximate surface area is 324 Å². The normalized spacial score (nSPS) is 37.3. The first-order chi connectivity index (χ1) is 25.0. The first kappa shape index (κ1) is 41.1. The van der Waals surface area contributed by atoms with Gasteiger partial charge in [0.1, 0.15) is 6.10 Å². The summed E-state index contributed by atoms with van der Waals surface area (Å²) in [7, 11) is 1.96. The lowest BCUT2D eigenvalue weighted by atomic mass is 9.33. The SMILES string of the molecule is CC(C)C1=C2C3CCC4C5(C)CCC(OC(=O)CC(C)(C)C(=O)O)C(C)(C)C5CCC4(C)C3(C)CCC2(C(O)CN(C)CC(O)c2ccccc2)CC1=O. The largest absolute Gasteiger partial charge is 0.481 e. The third-order valence-corrected chi connectivity index (χ3v) is 16.7. The Balaban J connectivity index is 1.26. The molecule has 8 heteroatoms. The van der Waals surface area contributed by atoms with Crippen LogP contribution in [0.2, 0.25) is 0 Å². The number of aliphatic hydroxyl groups is 2. The third kappa shape index (κ3) is 6.42. The number of carbonyl (C=O) groups excluding carboxylic acids is 2. The molecule has 4 saturated carbocycles. The summed E-state index contributed by atoms with van der Waals surface area (Å²) < 4.78 is 6.17. The van der Waals surface area contributed by atoms with Crippen molar-refractivity contribution in [2.75, 3.05) is 20.1 Å². The van der Waals surface area contributed by atoms with Gasteiger partial charge in [-0.1, -0.05) is 84.4 Å². The highest BCUT2D eigenvalue weighted by atomic mass is 16.5. The number of nitrogens with zero attached hydrogens (tertiary/aromatic N) is 1. The fourth-order valence-corrected chi connectivity index (χ4v) is 13.5. The zero-order valence-electron chi connectivity index (χ0n) is 34.8. The van der Waals surface area contributed by atoms with E-state index in [9.17, 15) is 29.7 Å². The van der Waals surface area contributed by atoms with E-state index in [0.717, 1.165) is 62.5 Å². The molecular weight excluding hydrogens is 679 g/mol. The number of fused-ring (bicyclic) bond motifs is 7. The quantitative estimate of drug-likeness (QED) is 0.193.